The van der Waals surface area contributed by atoms with Gasteiger partial charge < -0.3 is 10.2 Å². The minimum absolute atomic E-state index is 0.0501. The SMILES string of the molecule is CCCNC(=O)c1ccc(N2CCN(C/C=C/c3ccccc3)CC2)nc1. The minimum Gasteiger partial charge on any atom is -0.354 e. The maximum absolute atomic E-state index is 12.0. The molecule has 1 aliphatic rings. The van der Waals surface area contributed by atoms with Gasteiger partial charge in [0, 0.05) is 45.5 Å². The molecule has 3 rings (SSSR count). The first-order chi connectivity index (χ1) is 13.3. The second kappa shape index (κ2) is 9.88. The number of rotatable bonds is 7. The Morgan fingerprint density at radius 3 is 2.56 bits per heavy atom. The van der Waals surface area contributed by atoms with Gasteiger partial charge in [0.05, 0.1) is 5.56 Å². The molecule has 0 saturated carbocycles. The number of hydrogen-bond acceptors (Lipinski definition) is 4. The van der Waals surface area contributed by atoms with E-state index in [1.54, 1.807) is 6.20 Å². The number of nitrogens with zero attached hydrogens (tertiary/aromatic N) is 3. The van der Waals surface area contributed by atoms with Gasteiger partial charge in [0.15, 0.2) is 0 Å². The molecular weight excluding hydrogens is 336 g/mol. The van der Waals surface area contributed by atoms with Crippen LogP contribution in [0, 0.1) is 0 Å². The van der Waals surface area contributed by atoms with Gasteiger partial charge >= 0.3 is 0 Å². The number of piperazine rings is 1. The first kappa shape index (κ1) is 19.1. The van der Waals surface area contributed by atoms with E-state index in [0.29, 0.717) is 12.1 Å². The monoisotopic (exact) mass is 364 g/mol. The van der Waals surface area contributed by atoms with E-state index < -0.39 is 0 Å². The van der Waals surface area contributed by atoms with Crippen LogP contribution >= 0.6 is 0 Å². The van der Waals surface area contributed by atoms with Crippen LogP contribution in [0.5, 0.6) is 0 Å². The number of amides is 1. The number of anilines is 1. The molecular formula is C22H28N4O. The van der Waals surface area contributed by atoms with Crippen molar-refractivity contribution < 1.29 is 4.79 Å². The third kappa shape index (κ3) is 5.66. The molecule has 0 atom stereocenters. The van der Waals surface area contributed by atoms with Gasteiger partial charge in [0.2, 0.25) is 0 Å². The molecule has 142 valence electrons. The van der Waals surface area contributed by atoms with Crippen LogP contribution in [0.1, 0.15) is 29.3 Å². The highest BCUT2D eigenvalue weighted by atomic mass is 16.1. The van der Waals surface area contributed by atoms with Crippen molar-refractivity contribution in [3.63, 3.8) is 0 Å². The summed E-state index contributed by atoms with van der Waals surface area (Å²) < 4.78 is 0. The van der Waals surface area contributed by atoms with E-state index in [-0.39, 0.29) is 5.91 Å². The molecule has 5 nitrogen and oxygen atoms in total. The highest BCUT2D eigenvalue weighted by molar-refractivity contribution is 5.94. The highest BCUT2D eigenvalue weighted by Crippen LogP contribution is 2.14. The summed E-state index contributed by atoms with van der Waals surface area (Å²) >= 11 is 0. The Balaban J connectivity index is 1.46. The van der Waals surface area contributed by atoms with Crippen LogP contribution in [-0.2, 0) is 0 Å². The first-order valence-corrected chi connectivity index (χ1v) is 9.69. The fourth-order valence-electron chi connectivity index (χ4n) is 3.11. The van der Waals surface area contributed by atoms with Crippen LogP contribution in [0.15, 0.2) is 54.7 Å². The van der Waals surface area contributed by atoms with E-state index in [2.05, 4.69) is 56.5 Å². The lowest BCUT2D eigenvalue weighted by Gasteiger charge is -2.34. The van der Waals surface area contributed by atoms with Gasteiger partial charge in [-0.25, -0.2) is 4.98 Å². The van der Waals surface area contributed by atoms with Crippen molar-refractivity contribution in [1.29, 1.82) is 0 Å². The molecule has 1 aromatic carbocycles. The largest absolute Gasteiger partial charge is 0.354 e. The predicted octanol–water partition coefficient (Wildman–Crippen LogP) is 3.06. The molecule has 5 heteroatoms. The molecule has 1 amide bonds. The Kier molecular flexibility index (Phi) is 6.99. The van der Waals surface area contributed by atoms with Crippen LogP contribution in [0.2, 0.25) is 0 Å². The summed E-state index contributed by atoms with van der Waals surface area (Å²) in [7, 11) is 0. The quantitative estimate of drug-likeness (QED) is 0.820. The van der Waals surface area contributed by atoms with Crippen LogP contribution in [-0.4, -0.2) is 55.1 Å². The number of hydrogen-bond donors (Lipinski definition) is 1. The smallest absolute Gasteiger partial charge is 0.252 e. The first-order valence-electron chi connectivity index (χ1n) is 9.69. The van der Waals surface area contributed by atoms with E-state index in [1.165, 1.54) is 5.56 Å². The zero-order valence-electron chi connectivity index (χ0n) is 16.0. The van der Waals surface area contributed by atoms with Crippen molar-refractivity contribution in [2.24, 2.45) is 0 Å². The van der Waals surface area contributed by atoms with Gasteiger partial charge in [0.1, 0.15) is 5.82 Å². The molecule has 0 bridgehead atoms. The molecule has 1 saturated heterocycles. The van der Waals surface area contributed by atoms with E-state index in [1.807, 2.05) is 25.1 Å². The lowest BCUT2D eigenvalue weighted by atomic mass is 10.2. The molecule has 1 aliphatic heterocycles. The Morgan fingerprint density at radius 2 is 1.89 bits per heavy atom. The van der Waals surface area contributed by atoms with E-state index >= 15 is 0 Å². The van der Waals surface area contributed by atoms with Gasteiger partial charge in [-0.1, -0.05) is 49.4 Å². The van der Waals surface area contributed by atoms with Crippen molar-refractivity contribution in [3.8, 4) is 0 Å². The van der Waals surface area contributed by atoms with Crippen LogP contribution in [0.4, 0.5) is 5.82 Å². The van der Waals surface area contributed by atoms with Crippen molar-refractivity contribution in [3.05, 3.63) is 65.9 Å². The Hall–Kier alpha value is -2.66. The highest BCUT2D eigenvalue weighted by Gasteiger charge is 2.17. The Bertz CT molecular complexity index is 735. The molecule has 0 aliphatic carbocycles. The molecule has 0 unspecified atom stereocenters. The summed E-state index contributed by atoms with van der Waals surface area (Å²) in [5, 5.41) is 2.88. The van der Waals surface area contributed by atoms with E-state index in [9.17, 15) is 4.79 Å². The third-order valence-corrected chi connectivity index (χ3v) is 4.72. The summed E-state index contributed by atoms with van der Waals surface area (Å²) in [6, 6.07) is 14.2. The zero-order chi connectivity index (χ0) is 18.9. The van der Waals surface area contributed by atoms with Crippen LogP contribution in [0.25, 0.3) is 6.08 Å². The Labute approximate surface area is 161 Å². The van der Waals surface area contributed by atoms with Crippen LogP contribution in [0.3, 0.4) is 0 Å². The minimum atomic E-state index is -0.0501. The van der Waals surface area contributed by atoms with Gasteiger partial charge in [-0.15, -0.1) is 0 Å². The normalized spacial score (nSPS) is 15.2. The van der Waals surface area contributed by atoms with Gasteiger partial charge in [0.25, 0.3) is 5.91 Å². The second-order valence-electron chi connectivity index (χ2n) is 6.76. The third-order valence-electron chi connectivity index (χ3n) is 4.72. The molecule has 2 aromatic rings. The number of carbonyl (C=O) groups excluding carboxylic acids is 1. The number of aromatic nitrogens is 1. The topological polar surface area (TPSA) is 48.5 Å². The molecule has 27 heavy (non-hydrogen) atoms. The average molecular weight is 364 g/mol. The van der Waals surface area contributed by atoms with Crippen molar-refractivity contribution >= 4 is 17.8 Å². The Morgan fingerprint density at radius 1 is 1.11 bits per heavy atom. The fourth-order valence-corrected chi connectivity index (χ4v) is 3.11. The summed E-state index contributed by atoms with van der Waals surface area (Å²) in [5.41, 5.74) is 1.86. The number of carbonyl (C=O) groups is 1. The second-order valence-corrected chi connectivity index (χ2v) is 6.76. The van der Waals surface area contributed by atoms with Crippen molar-refractivity contribution in [1.82, 2.24) is 15.2 Å². The maximum atomic E-state index is 12.0. The van der Waals surface area contributed by atoms with Crippen molar-refractivity contribution in [2.75, 3.05) is 44.2 Å². The van der Waals surface area contributed by atoms with Gasteiger partial charge in [-0.05, 0) is 24.1 Å². The predicted molar refractivity (Wildman–Crippen MR) is 111 cm³/mol. The molecule has 1 aromatic heterocycles. The summed E-state index contributed by atoms with van der Waals surface area (Å²) in [4.78, 5) is 21.2. The van der Waals surface area contributed by atoms with Crippen molar-refractivity contribution in [2.45, 2.75) is 13.3 Å². The fraction of sp³-hybridized carbons (Fsp3) is 0.364. The molecule has 0 radical (unpaired) electrons. The number of pyridine rings is 1. The zero-order valence-corrected chi connectivity index (χ0v) is 16.0. The van der Waals surface area contributed by atoms with E-state index in [0.717, 1.165) is 45.0 Å². The molecule has 1 N–H and O–H groups in total. The lowest BCUT2D eigenvalue weighted by molar-refractivity contribution is 0.0953. The maximum Gasteiger partial charge on any atom is 0.252 e. The molecule has 2 heterocycles. The molecule has 0 spiro atoms. The van der Waals surface area contributed by atoms with Crippen LogP contribution < -0.4 is 10.2 Å². The molecule has 1 fully saturated rings. The van der Waals surface area contributed by atoms with E-state index in [4.69, 9.17) is 0 Å². The van der Waals surface area contributed by atoms with Gasteiger partial charge in [-0.2, -0.15) is 0 Å². The summed E-state index contributed by atoms with van der Waals surface area (Å²) in [6.45, 7) is 7.63. The number of nitrogens with one attached hydrogen (secondary N) is 1. The summed E-state index contributed by atoms with van der Waals surface area (Å²) in [6.07, 6.45) is 7.01. The summed E-state index contributed by atoms with van der Waals surface area (Å²) in [5.74, 6) is 0.896. The lowest BCUT2D eigenvalue weighted by Crippen LogP contribution is -2.46. The average Bonchev–Trinajstić information content (AvgIpc) is 2.73. The standard InChI is InChI=1S/C22H28N4O/c1-2-12-23-22(27)20-10-11-21(24-18-20)26-16-14-25(15-17-26)13-6-9-19-7-4-3-5-8-19/h3-11,18H,2,12-17H2,1H3,(H,23,27)/b9-6+. The van der Waals surface area contributed by atoms with Gasteiger partial charge in [-0.3, -0.25) is 9.69 Å². The number of benzene rings is 1.